The Morgan fingerprint density at radius 1 is 1.62 bits per heavy atom. The van der Waals surface area contributed by atoms with Crippen molar-refractivity contribution in [3.8, 4) is 0 Å². The zero-order chi connectivity index (χ0) is 11.7. The number of amides is 1. The van der Waals surface area contributed by atoms with Gasteiger partial charge < -0.3 is 11.1 Å². The molecular formula is C9H12N4O2S. The van der Waals surface area contributed by atoms with E-state index in [1.165, 1.54) is 12.5 Å². The van der Waals surface area contributed by atoms with Gasteiger partial charge in [0, 0.05) is 18.5 Å². The maximum atomic E-state index is 11.2. The number of rotatable bonds is 4. The average molecular weight is 240 g/mol. The van der Waals surface area contributed by atoms with Gasteiger partial charge in [-0.05, 0) is 12.8 Å². The summed E-state index contributed by atoms with van der Waals surface area (Å²) in [7, 11) is -1.27. The average Bonchev–Trinajstić information content (AvgIpc) is 3.01. The van der Waals surface area contributed by atoms with Crippen molar-refractivity contribution in [3.63, 3.8) is 0 Å². The van der Waals surface area contributed by atoms with Crippen LogP contribution in [0.2, 0.25) is 0 Å². The number of nitrogens with one attached hydrogen (secondary N) is 1. The molecule has 16 heavy (non-hydrogen) atoms. The first-order valence-corrected chi connectivity index (χ1v) is 6.40. The molecular weight excluding hydrogens is 228 g/mol. The topological polar surface area (TPSA) is 98.0 Å². The Morgan fingerprint density at radius 2 is 2.31 bits per heavy atom. The highest BCUT2D eigenvalue weighted by molar-refractivity contribution is 7.84. The number of primary amides is 1. The van der Waals surface area contributed by atoms with Crippen LogP contribution in [0, 0.1) is 0 Å². The van der Waals surface area contributed by atoms with Crippen LogP contribution >= 0.6 is 0 Å². The summed E-state index contributed by atoms with van der Waals surface area (Å²) in [6.07, 6.45) is 4.90. The van der Waals surface area contributed by atoms with Gasteiger partial charge in [0.05, 0.1) is 16.4 Å². The van der Waals surface area contributed by atoms with Gasteiger partial charge in [0.2, 0.25) is 5.16 Å². The van der Waals surface area contributed by atoms with Gasteiger partial charge in [0.25, 0.3) is 5.91 Å². The smallest absolute Gasteiger partial charge is 0.254 e. The van der Waals surface area contributed by atoms with Gasteiger partial charge in [0.15, 0.2) is 0 Å². The summed E-state index contributed by atoms with van der Waals surface area (Å²) in [4.78, 5) is 19.0. The Hall–Kier alpha value is -1.50. The van der Waals surface area contributed by atoms with Crippen LogP contribution in [-0.2, 0) is 10.8 Å². The van der Waals surface area contributed by atoms with E-state index in [0.29, 0.717) is 11.9 Å². The molecule has 1 heterocycles. The Morgan fingerprint density at radius 3 is 2.81 bits per heavy atom. The number of carbonyl (C=O) groups is 1. The number of aromatic nitrogens is 2. The van der Waals surface area contributed by atoms with Crippen LogP contribution in [0.4, 0.5) is 5.82 Å². The summed E-state index contributed by atoms with van der Waals surface area (Å²) >= 11 is 0. The SMILES string of the molecule is CS(=O)c1ncc(C(N)=O)c(NC2CC2)n1. The zero-order valence-electron chi connectivity index (χ0n) is 8.77. The number of nitrogens with zero attached hydrogens (tertiary/aromatic N) is 2. The Labute approximate surface area is 95.1 Å². The molecule has 1 saturated carbocycles. The predicted octanol–water partition coefficient (Wildman–Crippen LogP) is -0.113. The van der Waals surface area contributed by atoms with E-state index in [1.807, 2.05) is 0 Å². The summed E-state index contributed by atoms with van der Waals surface area (Å²) in [5.41, 5.74) is 5.44. The van der Waals surface area contributed by atoms with Crippen molar-refractivity contribution in [2.45, 2.75) is 24.0 Å². The lowest BCUT2D eigenvalue weighted by atomic mass is 10.3. The van der Waals surface area contributed by atoms with Crippen molar-refractivity contribution < 1.29 is 9.00 Å². The molecule has 1 amide bonds. The predicted molar refractivity (Wildman–Crippen MR) is 59.5 cm³/mol. The number of hydrogen-bond donors (Lipinski definition) is 2. The minimum atomic E-state index is -1.27. The van der Waals surface area contributed by atoms with Crippen LogP contribution in [-0.4, -0.2) is 32.4 Å². The Bertz CT molecular complexity index is 459. The van der Waals surface area contributed by atoms with E-state index < -0.39 is 16.7 Å². The second kappa shape index (κ2) is 4.17. The first-order chi connectivity index (χ1) is 7.58. The molecule has 1 aliphatic rings. The highest BCUT2D eigenvalue weighted by atomic mass is 32.2. The zero-order valence-corrected chi connectivity index (χ0v) is 9.58. The summed E-state index contributed by atoms with van der Waals surface area (Å²) in [5.74, 6) is -0.202. The molecule has 1 aromatic heterocycles. The van der Waals surface area contributed by atoms with E-state index in [2.05, 4.69) is 15.3 Å². The van der Waals surface area contributed by atoms with Crippen LogP contribution in [0.15, 0.2) is 11.4 Å². The molecule has 2 rings (SSSR count). The minimum Gasteiger partial charge on any atom is -0.367 e. The van der Waals surface area contributed by atoms with Crippen LogP contribution in [0.5, 0.6) is 0 Å². The molecule has 1 aromatic rings. The molecule has 0 aromatic carbocycles. The fourth-order valence-corrected chi connectivity index (χ4v) is 1.64. The fraction of sp³-hybridized carbons (Fsp3) is 0.444. The molecule has 1 atom stereocenters. The van der Waals surface area contributed by atoms with Crippen molar-refractivity contribution in [1.82, 2.24) is 9.97 Å². The number of carbonyl (C=O) groups excluding carboxylic acids is 1. The van der Waals surface area contributed by atoms with Gasteiger partial charge in [-0.15, -0.1) is 0 Å². The molecule has 0 radical (unpaired) electrons. The highest BCUT2D eigenvalue weighted by Gasteiger charge is 2.24. The first-order valence-electron chi connectivity index (χ1n) is 4.84. The molecule has 0 aliphatic heterocycles. The van der Waals surface area contributed by atoms with E-state index >= 15 is 0 Å². The fourth-order valence-electron chi connectivity index (χ4n) is 1.22. The van der Waals surface area contributed by atoms with Crippen LogP contribution < -0.4 is 11.1 Å². The molecule has 1 fully saturated rings. The van der Waals surface area contributed by atoms with E-state index in [-0.39, 0.29) is 10.7 Å². The van der Waals surface area contributed by atoms with E-state index in [1.54, 1.807) is 0 Å². The second-order valence-electron chi connectivity index (χ2n) is 3.65. The second-order valence-corrected chi connectivity index (χ2v) is 4.93. The molecule has 1 aliphatic carbocycles. The van der Waals surface area contributed by atoms with Gasteiger partial charge in [-0.1, -0.05) is 0 Å². The Kier molecular flexibility index (Phi) is 2.86. The molecule has 6 nitrogen and oxygen atoms in total. The number of hydrogen-bond acceptors (Lipinski definition) is 5. The van der Waals surface area contributed by atoms with Crippen molar-refractivity contribution in [3.05, 3.63) is 11.8 Å². The summed E-state index contributed by atoms with van der Waals surface area (Å²) < 4.78 is 11.2. The normalized spacial score (nSPS) is 16.8. The molecule has 86 valence electrons. The lowest BCUT2D eigenvalue weighted by Crippen LogP contribution is -2.18. The quantitative estimate of drug-likeness (QED) is 0.715. The van der Waals surface area contributed by atoms with Gasteiger partial charge in [-0.25, -0.2) is 9.97 Å². The van der Waals surface area contributed by atoms with Crippen molar-refractivity contribution >= 4 is 22.5 Å². The van der Waals surface area contributed by atoms with Crippen LogP contribution in [0.3, 0.4) is 0 Å². The van der Waals surface area contributed by atoms with E-state index in [4.69, 9.17) is 5.73 Å². The number of anilines is 1. The van der Waals surface area contributed by atoms with E-state index in [0.717, 1.165) is 12.8 Å². The third-order valence-corrected chi connectivity index (χ3v) is 2.92. The molecule has 7 heteroatoms. The van der Waals surface area contributed by atoms with Gasteiger partial charge in [-0.2, -0.15) is 0 Å². The maximum absolute atomic E-state index is 11.2. The van der Waals surface area contributed by atoms with E-state index in [9.17, 15) is 9.00 Å². The Balaban J connectivity index is 2.37. The van der Waals surface area contributed by atoms with Crippen molar-refractivity contribution in [2.24, 2.45) is 5.73 Å². The molecule has 0 bridgehead atoms. The summed E-state index contributed by atoms with van der Waals surface area (Å²) in [6.45, 7) is 0. The monoisotopic (exact) mass is 240 g/mol. The summed E-state index contributed by atoms with van der Waals surface area (Å²) in [6, 6.07) is 0.339. The molecule has 3 N–H and O–H groups in total. The van der Waals surface area contributed by atoms with Crippen molar-refractivity contribution in [2.75, 3.05) is 11.6 Å². The number of nitrogens with two attached hydrogens (primary N) is 1. The molecule has 0 spiro atoms. The highest BCUT2D eigenvalue weighted by Crippen LogP contribution is 2.25. The van der Waals surface area contributed by atoms with Gasteiger partial charge >= 0.3 is 0 Å². The van der Waals surface area contributed by atoms with Crippen LogP contribution in [0.25, 0.3) is 0 Å². The van der Waals surface area contributed by atoms with Gasteiger partial charge in [0.1, 0.15) is 5.82 Å². The summed E-state index contributed by atoms with van der Waals surface area (Å²) in [5, 5.41) is 3.28. The van der Waals surface area contributed by atoms with Gasteiger partial charge in [-0.3, -0.25) is 9.00 Å². The third-order valence-electron chi connectivity index (χ3n) is 2.21. The maximum Gasteiger partial charge on any atom is 0.254 e. The van der Waals surface area contributed by atoms with Crippen molar-refractivity contribution in [1.29, 1.82) is 0 Å². The molecule has 0 saturated heterocycles. The lowest BCUT2D eigenvalue weighted by Gasteiger charge is -2.08. The minimum absolute atomic E-state index is 0.202. The molecule has 1 unspecified atom stereocenters. The lowest BCUT2D eigenvalue weighted by molar-refractivity contribution is 0.1000. The first kappa shape index (κ1) is 11.0. The largest absolute Gasteiger partial charge is 0.367 e. The standard InChI is InChI=1S/C9H12N4O2S/c1-16(15)9-11-4-6(7(10)14)8(13-9)12-5-2-3-5/h4-5H,2-3H2,1H3,(H2,10,14)(H,11,12,13). The van der Waals surface area contributed by atoms with Crippen LogP contribution in [0.1, 0.15) is 23.2 Å². The third kappa shape index (κ3) is 2.35.